The average Bonchev–Trinajstić information content (AvgIpc) is 2.73. The molecule has 0 aliphatic heterocycles. The third-order valence-electron chi connectivity index (χ3n) is 3.92. The number of hydrogen-bond acceptors (Lipinski definition) is 9. The van der Waals surface area contributed by atoms with E-state index in [2.05, 4.69) is 47.9 Å². The van der Waals surface area contributed by atoms with Crippen molar-refractivity contribution in [2.24, 2.45) is 0 Å². The van der Waals surface area contributed by atoms with Crippen LogP contribution in [0.2, 0.25) is 5.28 Å². The number of nitrogens with zero attached hydrogens (tertiary/aromatic N) is 3. The Balaban J connectivity index is 1.54. The Morgan fingerprint density at radius 2 is 1.52 bits per heavy atom. The third-order valence-corrected chi connectivity index (χ3v) is 4.15. The van der Waals surface area contributed by atoms with E-state index in [0.717, 1.165) is 16.5 Å². The van der Waals surface area contributed by atoms with Gasteiger partial charge in [0.15, 0.2) is 5.75 Å². The van der Waals surface area contributed by atoms with Crippen LogP contribution in [0.1, 0.15) is 0 Å². The van der Waals surface area contributed by atoms with Gasteiger partial charge in [0, 0.05) is 29.7 Å². The number of fused-ring (bicyclic) bond motifs is 1. The van der Waals surface area contributed by atoms with Gasteiger partial charge in [-0.1, -0.05) is 36.4 Å². The van der Waals surface area contributed by atoms with Gasteiger partial charge >= 0.3 is 0 Å². The van der Waals surface area contributed by atoms with Crippen molar-refractivity contribution in [1.29, 1.82) is 0 Å². The summed E-state index contributed by atoms with van der Waals surface area (Å²) in [5, 5.41) is 12.8. The van der Waals surface area contributed by atoms with Crippen LogP contribution in [0.5, 0.6) is 5.75 Å². The lowest BCUT2D eigenvalue weighted by Gasteiger charge is -2.10. The van der Waals surface area contributed by atoms with E-state index in [1.54, 1.807) is 24.3 Å². The van der Waals surface area contributed by atoms with Gasteiger partial charge in [-0.3, -0.25) is 0 Å². The molecule has 3 aromatic carbocycles. The quantitative estimate of drug-likeness (QED) is 0.159. The number of hydrogen-bond donors (Lipinski definition) is 3. The highest BCUT2D eigenvalue weighted by Gasteiger charge is 2.08. The van der Waals surface area contributed by atoms with Gasteiger partial charge in [-0.15, -0.1) is 4.33 Å². The predicted octanol–water partition coefficient (Wildman–Crippen LogP) is 5.25. The first kappa shape index (κ1) is 19.2. The van der Waals surface area contributed by atoms with Crippen LogP contribution in [-0.2, 0) is 9.37 Å². The van der Waals surface area contributed by atoms with Crippen LogP contribution in [-0.4, -0.2) is 15.0 Å². The fourth-order valence-electron chi connectivity index (χ4n) is 2.69. The third kappa shape index (κ3) is 4.84. The summed E-state index contributed by atoms with van der Waals surface area (Å²) in [7, 11) is 0. The zero-order valence-electron chi connectivity index (χ0n) is 14.7. The molecule has 4 rings (SSSR count). The van der Waals surface area contributed by atoms with E-state index in [9.17, 15) is 0 Å². The molecule has 0 fully saturated rings. The number of benzene rings is 3. The van der Waals surface area contributed by atoms with Gasteiger partial charge in [-0.05, 0) is 52.4 Å². The van der Waals surface area contributed by atoms with Crippen LogP contribution < -0.4 is 15.5 Å². The van der Waals surface area contributed by atoms with Crippen molar-refractivity contribution < 1.29 is 14.3 Å². The lowest BCUT2D eigenvalue weighted by Crippen LogP contribution is -2.04. The van der Waals surface area contributed by atoms with Gasteiger partial charge in [0.2, 0.25) is 17.2 Å². The number of aromatic nitrogens is 3. The number of anilines is 4. The highest BCUT2D eigenvalue weighted by atomic mass is 35.5. The van der Waals surface area contributed by atoms with Crippen molar-refractivity contribution in [2.75, 3.05) is 10.6 Å². The van der Waals surface area contributed by atoms with Crippen molar-refractivity contribution in [3.8, 4) is 5.75 Å². The summed E-state index contributed by atoms with van der Waals surface area (Å²) in [6, 6.07) is 20.8. The molecule has 4 aromatic rings. The zero-order chi connectivity index (χ0) is 20.1. The predicted molar refractivity (Wildman–Crippen MR) is 114 cm³/mol. The summed E-state index contributed by atoms with van der Waals surface area (Å²) in [4.78, 5) is 17.5. The van der Waals surface area contributed by atoms with Crippen molar-refractivity contribution in [3.63, 3.8) is 0 Å². The van der Waals surface area contributed by atoms with Gasteiger partial charge in [0.1, 0.15) is 0 Å². The molecule has 0 radical (unpaired) electrons. The molecular weight excluding hydrogens is 414 g/mol. The van der Waals surface area contributed by atoms with Crippen LogP contribution in [0.4, 0.5) is 23.3 Å². The molecule has 10 heteroatoms. The number of halogens is 1. The molecule has 8 nitrogen and oxygen atoms in total. The van der Waals surface area contributed by atoms with E-state index in [1.165, 1.54) is 0 Å². The Kier molecular flexibility index (Phi) is 5.92. The van der Waals surface area contributed by atoms with Crippen LogP contribution >= 0.6 is 24.5 Å². The Morgan fingerprint density at radius 3 is 2.31 bits per heavy atom. The molecule has 0 amide bonds. The minimum atomic E-state index is 0.0597. The number of thiol groups is 1. The van der Waals surface area contributed by atoms with Crippen molar-refractivity contribution >= 4 is 58.6 Å². The Labute approximate surface area is 176 Å². The molecule has 0 atom stereocenters. The van der Waals surface area contributed by atoms with Gasteiger partial charge in [-0.2, -0.15) is 15.0 Å². The first-order chi connectivity index (χ1) is 14.2. The van der Waals surface area contributed by atoms with Crippen LogP contribution in [0.15, 0.2) is 66.7 Å². The summed E-state index contributed by atoms with van der Waals surface area (Å²) in [6.07, 6.45) is 0. The standard InChI is InChI=1S/C19H14ClN5O3S/c20-17-23-18(21-13-8-10-14(11-9-13)26-27-28-29)25-19(24-17)22-16-7-3-5-12-4-1-2-6-15(12)16/h1-11,29H,(H2,21,22,23,24,25). The van der Waals surface area contributed by atoms with Gasteiger partial charge in [0.25, 0.3) is 0 Å². The number of nitrogens with one attached hydrogen (secondary N) is 2. The van der Waals surface area contributed by atoms with Crippen molar-refractivity contribution in [1.82, 2.24) is 15.0 Å². The maximum Gasteiger partial charge on any atom is 0.233 e. The van der Waals surface area contributed by atoms with Crippen LogP contribution in [0.3, 0.4) is 0 Å². The molecule has 29 heavy (non-hydrogen) atoms. The lowest BCUT2D eigenvalue weighted by molar-refractivity contribution is -0.402. The Bertz CT molecular complexity index is 1130. The molecule has 146 valence electrons. The fraction of sp³-hybridized carbons (Fsp3) is 0. The number of rotatable bonds is 7. The van der Waals surface area contributed by atoms with Gasteiger partial charge < -0.3 is 15.5 Å². The van der Waals surface area contributed by atoms with E-state index >= 15 is 0 Å². The molecule has 0 aliphatic carbocycles. The topological polar surface area (TPSA) is 90.4 Å². The maximum absolute atomic E-state index is 6.08. The average molecular weight is 428 g/mol. The molecule has 0 saturated heterocycles. The molecule has 0 aliphatic rings. The van der Waals surface area contributed by atoms with Gasteiger partial charge in [0.05, 0.1) is 0 Å². The van der Waals surface area contributed by atoms with E-state index < -0.39 is 0 Å². The smallest absolute Gasteiger partial charge is 0.233 e. The monoisotopic (exact) mass is 427 g/mol. The first-order valence-corrected chi connectivity index (χ1v) is 9.14. The van der Waals surface area contributed by atoms with E-state index in [0.29, 0.717) is 17.4 Å². The van der Waals surface area contributed by atoms with Crippen LogP contribution in [0, 0.1) is 0 Å². The molecule has 0 saturated carbocycles. The van der Waals surface area contributed by atoms with Gasteiger partial charge in [-0.25, -0.2) is 0 Å². The molecule has 0 unspecified atom stereocenters. The SMILES string of the molecule is SOOOc1ccc(Nc2nc(Cl)nc(Nc3cccc4ccccc34)n2)cc1. The summed E-state index contributed by atoms with van der Waals surface area (Å²) in [6.45, 7) is 0. The highest BCUT2D eigenvalue weighted by molar-refractivity contribution is 7.74. The van der Waals surface area contributed by atoms with Crippen molar-refractivity contribution in [3.05, 3.63) is 72.0 Å². The minimum absolute atomic E-state index is 0.0597. The second kappa shape index (κ2) is 8.93. The first-order valence-electron chi connectivity index (χ1n) is 8.39. The Hall–Kier alpha value is -3.11. The molecule has 1 aromatic heterocycles. The minimum Gasteiger partial charge on any atom is -0.324 e. The summed E-state index contributed by atoms with van der Waals surface area (Å²) in [5.41, 5.74) is 1.58. The summed E-state index contributed by atoms with van der Waals surface area (Å²) < 4.78 is 4.08. The summed E-state index contributed by atoms with van der Waals surface area (Å²) >= 11 is 9.49. The fourth-order valence-corrected chi connectivity index (χ4v) is 2.88. The van der Waals surface area contributed by atoms with Crippen LogP contribution in [0.25, 0.3) is 10.8 Å². The van der Waals surface area contributed by atoms with E-state index in [-0.39, 0.29) is 11.2 Å². The molecule has 0 spiro atoms. The van der Waals surface area contributed by atoms with Crippen molar-refractivity contribution in [2.45, 2.75) is 0 Å². The largest absolute Gasteiger partial charge is 0.324 e. The van der Waals surface area contributed by atoms with E-state index in [4.69, 9.17) is 16.5 Å². The summed E-state index contributed by atoms with van der Waals surface area (Å²) in [5.74, 6) is 1.04. The second-order valence-electron chi connectivity index (χ2n) is 5.78. The molecule has 0 bridgehead atoms. The van der Waals surface area contributed by atoms with E-state index in [1.807, 2.05) is 42.5 Å². The molecular formula is C19H14ClN5O3S. The molecule has 2 N–H and O–H groups in total. The lowest BCUT2D eigenvalue weighted by atomic mass is 10.1. The normalized spacial score (nSPS) is 10.7. The molecule has 1 heterocycles. The highest BCUT2D eigenvalue weighted by Crippen LogP contribution is 2.26. The zero-order valence-corrected chi connectivity index (χ0v) is 16.4. The Morgan fingerprint density at radius 1 is 0.793 bits per heavy atom. The second-order valence-corrected chi connectivity index (χ2v) is 6.27. The maximum atomic E-state index is 6.08.